The molecule has 172 valence electrons. The third kappa shape index (κ3) is 24.5. The zero-order chi connectivity index (χ0) is 22.9. The lowest BCUT2D eigenvalue weighted by Crippen LogP contribution is -1.74. The molecule has 0 bridgehead atoms. The number of benzene rings is 2. The molecule has 2 aromatic rings. The summed E-state index contributed by atoms with van der Waals surface area (Å²) in [4.78, 5) is 0. The van der Waals surface area contributed by atoms with Crippen LogP contribution >= 0.6 is 0 Å². The third-order valence-electron chi connectivity index (χ3n) is 5.03. The molecule has 0 fully saturated rings. The van der Waals surface area contributed by atoms with Crippen molar-refractivity contribution in [2.24, 2.45) is 0 Å². The van der Waals surface area contributed by atoms with E-state index in [-0.39, 0.29) is 0 Å². The van der Waals surface area contributed by atoms with Gasteiger partial charge in [-0.3, -0.25) is 0 Å². The highest BCUT2D eigenvalue weighted by Gasteiger charge is 1.84. The first kappa shape index (κ1) is 30.6. The first-order chi connectivity index (χ1) is 14.5. The van der Waals surface area contributed by atoms with Gasteiger partial charge >= 0.3 is 0 Å². The molecule has 0 atom stereocenters. The van der Waals surface area contributed by atoms with Crippen molar-refractivity contribution in [2.75, 3.05) is 0 Å². The number of hydrogen-bond acceptors (Lipinski definition) is 0. The van der Waals surface area contributed by atoms with Gasteiger partial charge in [0.25, 0.3) is 0 Å². The maximum Gasteiger partial charge on any atom is -0.0395 e. The molecule has 0 aliphatic rings. The first-order valence-electron chi connectivity index (χ1n) is 12.6. The Bertz CT molecular complexity index is 510. The van der Waals surface area contributed by atoms with Gasteiger partial charge < -0.3 is 0 Å². The molecule has 0 aromatic heterocycles. The average Bonchev–Trinajstić information content (AvgIpc) is 2.76. The summed E-state index contributed by atoms with van der Waals surface area (Å²) in [5.74, 6) is 0. The third-order valence-corrected chi connectivity index (χ3v) is 5.03. The predicted octanol–water partition coefficient (Wildman–Crippen LogP) is 10.6. The summed E-state index contributed by atoms with van der Waals surface area (Å²) in [5, 5.41) is 0. The Hall–Kier alpha value is -1.56. The summed E-state index contributed by atoms with van der Waals surface area (Å²) in [6.45, 7) is 15.3. The number of aryl methyl sites for hydroxylation is 3. The van der Waals surface area contributed by atoms with E-state index in [1.807, 2.05) is 18.2 Å². The highest BCUT2D eigenvalue weighted by Crippen LogP contribution is 2.04. The van der Waals surface area contributed by atoms with E-state index >= 15 is 0 Å². The number of unbranched alkanes of at least 4 members (excludes halogenated alkanes) is 9. The van der Waals surface area contributed by atoms with E-state index in [1.165, 1.54) is 87.3 Å². The molecule has 2 rings (SSSR count). The van der Waals surface area contributed by atoms with E-state index in [9.17, 15) is 0 Å². The Morgan fingerprint density at radius 1 is 0.400 bits per heavy atom. The summed E-state index contributed by atoms with van der Waals surface area (Å²) in [6, 6.07) is 18.6. The molecular formula is C30H52. The fraction of sp³-hybridized carbons (Fsp3) is 0.600. The minimum atomic E-state index is 1.32. The lowest BCUT2D eigenvalue weighted by molar-refractivity contribution is 0.624. The second-order valence-electron chi connectivity index (χ2n) is 8.21. The van der Waals surface area contributed by atoms with E-state index in [4.69, 9.17) is 0 Å². The summed E-state index contributed by atoms with van der Waals surface area (Å²) in [7, 11) is 0. The van der Waals surface area contributed by atoms with E-state index in [0.717, 1.165) is 0 Å². The van der Waals surface area contributed by atoms with E-state index < -0.39 is 0 Å². The van der Waals surface area contributed by atoms with Crippen LogP contribution in [0, 0.1) is 20.8 Å². The van der Waals surface area contributed by atoms with Gasteiger partial charge in [-0.2, -0.15) is 0 Å². The van der Waals surface area contributed by atoms with Crippen LogP contribution in [-0.4, -0.2) is 0 Å². The molecule has 0 aliphatic carbocycles. The normalized spacial score (nSPS) is 9.30. The van der Waals surface area contributed by atoms with Crippen molar-refractivity contribution in [1.29, 1.82) is 0 Å². The first-order valence-corrected chi connectivity index (χ1v) is 12.6. The predicted molar refractivity (Wildman–Crippen MR) is 141 cm³/mol. The van der Waals surface area contributed by atoms with Crippen molar-refractivity contribution >= 4 is 0 Å². The van der Waals surface area contributed by atoms with Crippen LogP contribution in [0.25, 0.3) is 0 Å². The minimum absolute atomic E-state index is 1.32. The van der Waals surface area contributed by atoms with Gasteiger partial charge in [-0.1, -0.05) is 158 Å². The zero-order valence-corrected chi connectivity index (χ0v) is 21.5. The van der Waals surface area contributed by atoms with Crippen molar-refractivity contribution in [3.63, 3.8) is 0 Å². The molecule has 0 N–H and O–H groups in total. The standard InChI is InChI=1S/C8H10.C8H18.C7H8.C7H16/c1-7-5-3-4-6-8(7)2;1-3-5-7-8-6-4-2;1-7-5-3-2-4-6-7;1-3-5-7-6-4-2/h3-6H,1-2H3;3-8H2,1-2H3;2-6H,1H3;3-7H2,1-2H3. The molecule has 0 heteroatoms. The SMILES string of the molecule is CCCCCCC.CCCCCCCC.Cc1ccccc1.Cc1ccccc1C. The Morgan fingerprint density at radius 2 is 0.700 bits per heavy atom. The monoisotopic (exact) mass is 412 g/mol. The van der Waals surface area contributed by atoms with Crippen LogP contribution in [-0.2, 0) is 0 Å². The van der Waals surface area contributed by atoms with Gasteiger partial charge in [0, 0.05) is 0 Å². The van der Waals surface area contributed by atoms with Gasteiger partial charge in [-0.05, 0) is 31.9 Å². The van der Waals surface area contributed by atoms with Crippen LogP contribution in [0.2, 0.25) is 0 Å². The summed E-state index contributed by atoms with van der Waals surface area (Å²) in [6.07, 6.45) is 15.5. The molecule has 2 aromatic carbocycles. The molecule has 0 saturated carbocycles. The Morgan fingerprint density at radius 3 is 0.933 bits per heavy atom. The second-order valence-corrected chi connectivity index (χ2v) is 8.21. The van der Waals surface area contributed by atoms with Crippen molar-refractivity contribution in [3.8, 4) is 0 Å². The Balaban J connectivity index is 0. The Kier molecular flexibility index (Phi) is 26.0. The van der Waals surface area contributed by atoms with E-state index in [0.29, 0.717) is 0 Å². The molecule has 0 amide bonds. The van der Waals surface area contributed by atoms with Crippen LogP contribution < -0.4 is 0 Å². The summed E-state index contributed by atoms with van der Waals surface area (Å²) in [5.41, 5.74) is 4.06. The van der Waals surface area contributed by atoms with Crippen molar-refractivity contribution in [1.82, 2.24) is 0 Å². The van der Waals surface area contributed by atoms with Gasteiger partial charge in [-0.15, -0.1) is 0 Å². The lowest BCUT2D eigenvalue weighted by atomic mass is 10.1. The quantitative estimate of drug-likeness (QED) is 0.359. The van der Waals surface area contributed by atoms with Crippen LogP contribution in [0.3, 0.4) is 0 Å². The molecule has 0 radical (unpaired) electrons. The number of hydrogen-bond donors (Lipinski definition) is 0. The van der Waals surface area contributed by atoms with Gasteiger partial charge in [0.2, 0.25) is 0 Å². The van der Waals surface area contributed by atoms with E-state index in [1.54, 1.807) is 0 Å². The van der Waals surface area contributed by atoms with Crippen LogP contribution in [0.5, 0.6) is 0 Å². The van der Waals surface area contributed by atoms with Gasteiger partial charge in [-0.25, -0.2) is 0 Å². The topological polar surface area (TPSA) is 0 Å². The molecule has 30 heavy (non-hydrogen) atoms. The van der Waals surface area contributed by atoms with Crippen molar-refractivity contribution in [3.05, 3.63) is 71.3 Å². The zero-order valence-electron chi connectivity index (χ0n) is 21.5. The maximum atomic E-state index is 2.26. The van der Waals surface area contributed by atoms with Crippen molar-refractivity contribution < 1.29 is 0 Å². The smallest absolute Gasteiger partial charge is 0.0395 e. The van der Waals surface area contributed by atoms with Gasteiger partial charge in [0.15, 0.2) is 0 Å². The van der Waals surface area contributed by atoms with Crippen LogP contribution in [0.1, 0.15) is 115 Å². The van der Waals surface area contributed by atoms with Crippen molar-refractivity contribution in [2.45, 2.75) is 119 Å². The van der Waals surface area contributed by atoms with E-state index in [2.05, 4.69) is 84.9 Å². The lowest BCUT2D eigenvalue weighted by Gasteiger charge is -1.93. The maximum absolute atomic E-state index is 2.26. The molecule has 0 saturated heterocycles. The number of rotatable bonds is 9. The van der Waals surface area contributed by atoms with Gasteiger partial charge in [0.05, 0.1) is 0 Å². The summed E-state index contributed by atoms with van der Waals surface area (Å²) >= 11 is 0. The fourth-order valence-electron chi connectivity index (χ4n) is 2.73. The molecule has 0 heterocycles. The minimum Gasteiger partial charge on any atom is -0.0654 e. The summed E-state index contributed by atoms with van der Waals surface area (Å²) < 4.78 is 0. The highest BCUT2D eigenvalue weighted by atomic mass is 13.9. The van der Waals surface area contributed by atoms with Gasteiger partial charge in [0.1, 0.15) is 0 Å². The van der Waals surface area contributed by atoms with Crippen LogP contribution in [0.4, 0.5) is 0 Å². The molecule has 0 unspecified atom stereocenters. The molecule has 0 spiro atoms. The highest BCUT2D eigenvalue weighted by molar-refractivity contribution is 5.23. The molecular weight excluding hydrogens is 360 g/mol. The Labute approximate surface area is 190 Å². The molecule has 0 nitrogen and oxygen atoms in total. The van der Waals surface area contributed by atoms with Crippen LogP contribution in [0.15, 0.2) is 54.6 Å². The second kappa shape index (κ2) is 25.5. The largest absolute Gasteiger partial charge is 0.0654 e. The fourth-order valence-corrected chi connectivity index (χ4v) is 2.73. The average molecular weight is 413 g/mol. The molecule has 0 aliphatic heterocycles.